The van der Waals surface area contributed by atoms with Crippen LogP contribution in [-0.4, -0.2) is 17.1 Å². The zero-order valence-electron chi connectivity index (χ0n) is 11.6. The van der Waals surface area contributed by atoms with Crippen LogP contribution in [0.3, 0.4) is 0 Å². The Morgan fingerprint density at radius 1 is 1.36 bits per heavy atom. The third-order valence-electron chi connectivity index (χ3n) is 3.78. The van der Waals surface area contributed by atoms with E-state index in [-0.39, 0.29) is 5.91 Å². The van der Waals surface area contributed by atoms with Crippen LogP contribution in [0.4, 0.5) is 0 Å². The molecule has 112 valence electrons. The second-order valence-electron chi connectivity index (χ2n) is 5.10. The van der Waals surface area contributed by atoms with Crippen molar-refractivity contribution in [2.24, 2.45) is 0 Å². The van der Waals surface area contributed by atoms with Crippen LogP contribution < -0.4 is 10.1 Å². The molecule has 0 saturated carbocycles. The van der Waals surface area contributed by atoms with Crippen LogP contribution in [0.5, 0.6) is 5.75 Å². The van der Waals surface area contributed by atoms with Gasteiger partial charge in [-0.15, -0.1) is 0 Å². The molecule has 22 heavy (non-hydrogen) atoms. The van der Waals surface area contributed by atoms with E-state index in [4.69, 9.17) is 20.8 Å². The maximum absolute atomic E-state index is 12.5. The molecule has 0 unspecified atom stereocenters. The second kappa shape index (κ2) is 5.10. The number of carbonyl (C=O) groups excluding carboxylic acids is 1. The molecule has 6 heteroatoms. The molecule has 1 amide bonds. The molecule has 4 rings (SSSR count). The van der Waals surface area contributed by atoms with Crippen molar-refractivity contribution in [3.05, 3.63) is 53.1 Å². The van der Waals surface area contributed by atoms with Gasteiger partial charge < -0.3 is 19.0 Å². The van der Waals surface area contributed by atoms with E-state index in [0.29, 0.717) is 36.2 Å². The molecular formula is C16H13ClN2O3. The third-order valence-corrected chi connectivity index (χ3v) is 4.11. The number of halogens is 1. The summed E-state index contributed by atoms with van der Waals surface area (Å²) in [5, 5.41) is 4.31. The number of amides is 1. The summed E-state index contributed by atoms with van der Waals surface area (Å²) in [6.45, 7) is 1.52. The molecule has 3 aromatic rings. The molecule has 0 saturated heterocycles. The van der Waals surface area contributed by atoms with Crippen LogP contribution in [0.1, 0.15) is 16.2 Å². The first-order valence-corrected chi connectivity index (χ1v) is 7.37. The summed E-state index contributed by atoms with van der Waals surface area (Å²) in [5.74, 6) is 1.32. The van der Waals surface area contributed by atoms with Crippen molar-refractivity contribution < 1.29 is 13.9 Å². The van der Waals surface area contributed by atoms with E-state index < -0.39 is 0 Å². The summed E-state index contributed by atoms with van der Waals surface area (Å²) < 4.78 is 12.8. The SMILES string of the molecule is O=C(NCc1ccco1)c1cc2c(Cl)ccc3c2n1CCO3. The Kier molecular flexibility index (Phi) is 3.08. The van der Waals surface area contributed by atoms with E-state index in [1.807, 2.05) is 22.8 Å². The van der Waals surface area contributed by atoms with Crippen LogP contribution >= 0.6 is 11.6 Å². The van der Waals surface area contributed by atoms with Crippen LogP contribution in [0.25, 0.3) is 10.9 Å². The summed E-state index contributed by atoms with van der Waals surface area (Å²) in [6, 6.07) is 9.06. The van der Waals surface area contributed by atoms with Gasteiger partial charge in [0.1, 0.15) is 23.8 Å². The van der Waals surface area contributed by atoms with Crippen molar-refractivity contribution in [2.45, 2.75) is 13.1 Å². The number of rotatable bonds is 3. The van der Waals surface area contributed by atoms with Gasteiger partial charge in [0.15, 0.2) is 0 Å². The minimum absolute atomic E-state index is 0.156. The normalized spacial score (nSPS) is 13.1. The van der Waals surface area contributed by atoms with Gasteiger partial charge in [-0.05, 0) is 30.3 Å². The van der Waals surface area contributed by atoms with Gasteiger partial charge in [-0.1, -0.05) is 11.6 Å². The van der Waals surface area contributed by atoms with Crippen LogP contribution in [0, 0.1) is 0 Å². The molecule has 1 aromatic carbocycles. The average Bonchev–Trinajstić information content (AvgIpc) is 3.17. The van der Waals surface area contributed by atoms with E-state index in [9.17, 15) is 4.79 Å². The Morgan fingerprint density at radius 3 is 3.09 bits per heavy atom. The molecule has 0 atom stereocenters. The smallest absolute Gasteiger partial charge is 0.268 e. The highest BCUT2D eigenvalue weighted by molar-refractivity contribution is 6.36. The number of furan rings is 1. The maximum atomic E-state index is 12.5. The Labute approximate surface area is 131 Å². The Balaban J connectivity index is 1.71. The molecule has 1 aliphatic heterocycles. The highest BCUT2D eigenvalue weighted by atomic mass is 35.5. The molecule has 2 aromatic heterocycles. The first-order valence-electron chi connectivity index (χ1n) is 6.99. The standard InChI is InChI=1S/C16H13ClN2O3/c17-12-3-4-14-15-11(12)8-13(19(15)5-7-22-14)16(20)18-9-10-2-1-6-21-10/h1-4,6,8H,5,7,9H2,(H,18,20). The lowest BCUT2D eigenvalue weighted by Gasteiger charge is -2.19. The average molecular weight is 317 g/mol. The van der Waals surface area contributed by atoms with Crippen LogP contribution in [-0.2, 0) is 13.1 Å². The fourth-order valence-corrected chi connectivity index (χ4v) is 2.98. The third kappa shape index (κ3) is 2.05. The minimum Gasteiger partial charge on any atom is -0.490 e. The number of aromatic nitrogens is 1. The lowest BCUT2D eigenvalue weighted by atomic mass is 10.2. The van der Waals surface area contributed by atoms with Crippen molar-refractivity contribution in [3.63, 3.8) is 0 Å². The fraction of sp³-hybridized carbons (Fsp3) is 0.188. The molecule has 3 heterocycles. The van der Waals surface area contributed by atoms with E-state index in [2.05, 4.69) is 5.32 Å². The molecule has 0 radical (unpaired) electrons. The quantitative estimate of drug-likeness (QED) is 0.807. The Bertz CT molecular complexity index is 852. The van der Waals surface area contributed by atoms with E-state index in [0.717, 1.165) is 16.7 Å². The highest BCUT2D eigenvalue weighted by Crippen LogP contribution is 2.36. The van der Waals surface area contributed by atoms with Gasteiger partial charge in [0.2, 0.25) is 0 Å². The van der Waals surface area contributed by atoms with Gasteiger partial charge >= 0.3 is 0 Å². The zero-order chi connectivity index (χ0) is 15.1. The van der Waals surface area contributed by atoms with E-state index >= 15 is 0 Å². The lowest BCUT2D eigenvalue weighted by Crippen LogP contribution is -2.27. The maximum Gasteiger partial charge on any atom is 0.268 e. The van der Waals surface area contributed by atoms with Gasteiger partial charge in [0, 0.05) is 5.39 Å². The van der Waals surface area contributed by atoms with Gasteiger partial charge in [-0.2, -0.15) is 0 Å². The van der Waals surface area contributed by atoms with Crippen molar-refractivity contribution in [1.29, 1.82) is 0 Å². The molecule has 1 N–H and O–H groups in total. The number of carbonyl (C=O) groups is 1. The van der Waals surface area contributed by atoms with Crippen molar-refractivity contribution in [2.75, 3.05) is 6.61 Å². The Morgan fingerprint density at radius 2 is 2.27 bits per heavy atom. The zero-order valence-corrected chi connectivity index (χ0v) is 12.4. The molecule has 0 spiro atoms. The first kappa shape index (κ1) is 13.3. The topological polar surface area (TPSA) is 56.4 Å². The van der Waals surface area contributed by atoms with Crippen LogP contribution in [0.15, 0.2) is 41.0 Å². The predicted octanol–water partition coefficient (Wildman–Crippen LogP) is 3.21. The lowest BCUT2D eigenvalue weighted by molar-refractivity contribution is 0.0937. The predicted molar refractivity (Wildman–Crippen MR) is 82.3 cm³/mol. The molecular weight excluding hydrogens is 304 g/mol. The number of nitrogens with zero attached hydrogens (tertiary/aromatic N) is 1. The van der Waals surface area contributed by atoms with Gasteiger partial charge in [-0.3, -0.25) is 4.79 Å². The van der Waals surface area contributed by atoms with E-state index in [1.165, 1.54) is 0 Å². The summed E-state index contributed by atoms with van der Waals surface area (Å²) in [4.78, 5) is 12.5. The van der Waals surface area contributed by atoms with Crippen LogP contribution in [0.2, 0.25) is 5.02 Å². The number of hydrogen-bond donors (Lipinski definition) is 1. The molecule has 1 aliphatic rings. The number of hydrogen-bond acceptors (Lipinski definition) is 3. The first-order chi connectivity index (χ1) is 10.7. The number of benzene rings is 1. The Hall–Kier alpha value is -2.40. The molecule has 0 aliphatic carbocycles. The molecule has 5 nitrogen and oxygen atoms in total. The van der Waals surface area contributed by atoms with Crippen molar-refractivity contribution in [3.8, 4) is 5.75 Å². The summed E-state index contributed by atoms with van der Waals surface area (Å²) in [7, 11) is 0. The van der Waals surface area contributed by atoms with Gasteiger partial charge in [0.25, 0.3) is 5.91 Å². The fourth-order valence-electron chi connectivity index (χ4n) is 2.77. The van der Waals surface area contributed by atoms with E-state index in [1.54, 1.807) is 18.4 Å². The largest absolute Gasteiger partial charge is 0.490 e. The second-order valence-corrected chi connectivity index (χ2v) is 5.51. The summed E-state index contributed by atoms with van der Waals surface area (Å²) in [5.41, 5.74) is 1.46. The van der Waals surface area contributed by atoms with Crippen molar-refractivity contribution >= 4 is 28.4 Å². The number of nitrogens with one attached hydrogen (secondary N) is 1. The van der Waals surface area contributed by atoms with Gasteiger partial charge in [-0.25, -0.2) is 0 Å². The monoisotopic (exact) mass is 316 g/mol. The molecule has 0 bridgehead atoms. The number of ether oxygens (including phenoxy) is 1. The van der Waals surface area contributed by atoms with Crippen molar-refractivity contribution in [1.82, 2.24) is 9.88 Å². The summed E-state index contributed by atoms with van der Waals surface area (Å²) in [6.07, 6.45) is 1.58. The molecule has 0 fully saturated rings. The highest BCUT2D eigenvalue weighted by Gasteiger charge is 2.22. The minimum atomic E-state index is -0.156. The van der Waals surface area contributed by atoms with Gasteiger partial charge in [0.05, 0.1) is 29.9 Å². The summed E-state index contributed by atoms with van der Waals surface area (Å²) >= 11 is 6.24.